The Morgan fingerprint density at radius 2 is 1.95 bits per heavy atom. The molecule has 3 N–H and O–H groups in total. The molecule has 1 saturated heterocycles. The molecule has 0 bridgehead atoms. The van der Waals surface area contributed by atoms with Gasteiger partial charge < -0.3 is 15.2 Å². The fraction of sp³-hybridized carbons (Fsp3) is 0.423. The smallest absolute Gasteiger partial charge is 0.147 e. The lowest BCUT2D eigenvalue weighted by atomic mass is 9.73. The fourth-order valence-corrected chi connectivity index (χ4v) is 7.03. The molecule has 0 saturated carbocycles. The number of aromatic nitrogens is 3. The van der Waals surface area contributed by atoms with E-state index in [2.05, 4.69) is 24.6 Å². The van der Waals surface area contributed by atoms with Crippen LogP contribution in [0.3, 0.4) is 0 Å². The molecule has 1 aliphatic carbocycles. The molecular formula is C26H30ClFN6OS2. The summed E-state index contributed by atoms with van der Waals surface area (Å²) in [5.41, 5.74) is 7.74. The number of pyridine rings is 1. The maximum Gasteiger partial charge on any atom is 0.147 e. The van der Waals surface area contributed by atoms with Gasteiger partial charge in [-0.2, -0.15) is 0 Å². The van der Waals surface area contributed by atoms with Crippen LogP contribution in [0.25, 0.3) is 0 Å². The standard InChI is InChI=1S/C26H30ClFN6OS2/c1-25(2,3)37(35)33-23-18-5-4-17(28)12-16(18)13-26(23)7-10-34(11-8-26)20-14-32-21(15-31-20)36-19-6-9-30-24(29)22(19)27/h4-6,9,12,14-15,23,33H,7-8,10-11,13H2,1-3H3,(H2,29,30)/t23-,37?/m1/s1. The van der Waals surface area contributed by atoms with Crippen LogP contribution in [0.1, 0.15) is 50.8 Å². The molecule has 1 spiro atoms. The highest BCUT2D eigenvalue weighted by Crippen LogP contribution is 2.53. The van der Waals surface area contributed by atoms with Gasteiger partial charge in [0.2, 0.25) is 0 Å². The summed E-state index contributed by atoms with van der Waals surface area (Å²) in [6, 6.07) is 6.70. The highest BCUT2D eigenvalue weighted by atomic mass is 35.5. The highest BCUT2D eigenvalue weighted by molar-refractivity contribution is 7.99. The molecular weight excluding hydrogens is 531 g/mol. The third-order valence-corrected chi connectivity index (χ3v) is 10.2. The van der Waals surface area contributed by atoms with Gasteiger partial charge in [0.15, 0.2) is 0 Å². The number of hydrogen-bond donors (Lipinski definition) is 2. The van der Waals surface area contributed by atoms with Crippen LogP contribution >= 0.6 is 23.4 Å². The van der Waals surface area contributed by atoms with Gasteiger partial charge in [-0.3, -0.25) is 0 Å². The van der Waals surface area contributed by atoms with E-state index >= 15 is 0 Å². The van der Waals surface area contributed by atoms with Crippen molar-refractivity contribution >= 4 is 46.4 Å². The van der Waals surface area contributed by atoms with E-state index < -0.39 is 16.1 Å². The van der Waals surface area contributed by atoms with Gasteiger partial charge in [0.25, 0.3) is 0 Å². The molecule has 1 fully saturated rings. The molecule has 2 aromatic heterocycles. The van der Waals surface area contributed by atoms with E-state index in [0.717, 1.165) is 54.2 Å². The van der Waals surface area contributed by atoms with Crippen LogP contribution in [0.4, 0.5) is 16.0 Å². The minimum absolute atomic E-state index is 0.0901. The van der Waals surface area contributed by atoms with Crippen molar-refractivity contribution in [2.45, 2.75) is 60.7 Å². The zero-order valence-corrected chi connectivity index (χ0v) is 23.4. The Hall–Kier alpha value is -2.11. The van der Waals surface area contributed by atoms with Crippen LogP contribution < -0.4 is 15.4 Å². The molecule has 3 heterocycles. The zero-order valence-electron chi connectivity index (χ0n) is 21.0. The summed E-state index contributed by atoms with van der Waals surface area (Å²) < 4.78 is 30.2. The van der Waals surface area contributed by atoms with E-state index in [1.54, 1.807) is 30.7 Å². The summed E-state index contributed by atoms with van der Waals surface area (Å²) in [4.78, 5) is 16.2. The topological polar surface area (TPSA) is 103 Å². The van der Waals surface area contributed by atoms with Crippen molar-refractivity contribution in [1.82, 2.24) is 19.7 Å². The first-order valence-electron chi connectivity index (χ1n) is 12.2. The monoisotopic (exact) mass is 560 g/mol. The molecule has 2 atom stereocenters. The Labute approximate surface area is 229 Å². The van der Waals surface area contributed by atoms with Crippen LogP contribution in [0, 0.1) is 11.2 Å². The van der Waals surface area contributed by atoms with E-state index in [0.29, 0.717) is 10.0 Å². The first kappa shape index (κ1) is 26.5. The summed E-state index contributed by atoms with van der Waals surface area (Å²) in [5, 5.41) is 1.12. The van der Waals surface area contributed by atoms with Gasteiger partial charge in [-0.1, -0.05) is 29.4 Å². The van der Waals surface area contributed by atoms with E-state index in [-0.39, 0.29) is 23.1 Å². The average molecular weight is 561 g/mol. The molecule has 1 unspecified atom stereocenters. The minimum Gasteiger partial charge on any atom is -0.598 e. The molecule has 11 heteroatoms. The third-order valence-electron chi connectivity index (χ3n) is 7.14. The van der Waals surface area contributed by atoms with Crippen LogP contribution in [0.5, 0.6) is 0 Å². The molecule has 1 aromatic carbocycles. The molecule has 196 valence electrons. The molecule has 7 nitrogen and oxygen atoms in total. The SMILES string of the molecule is CC(C)(C)[S+]([O-])N[C@@H]1c2ccc(F)cc2CC12CCN(c1cnc(Sc3ccnc(N)c3Cl)cn1)CC2. The molecule has 3 aromatic rings. The Morgan fingerprint density at radius 3 is 2.62 bits per heavy atom. The van der Waals surface area contributed by atoms with E-state index in [9.17, 15) is 8.94 Å². The number of fused-ring (bicyclic) bond motifs is 1. The molecule has 37 heavy (non-hydrogen) atoms. The number of anilines is 2. The maximum atomic E-state index is 14.1. The second-order valence-electron chi connectivity index (χ2n) is 10.6. The lowest BCUT2D eigenvalue weighted by Crippen LogP contribution is -2.49. The number of rotatable bonds is 5. The van der Waals surface area contributed by atoms with Crippen molar-refractivity contribution in [3.63, 3.8) is 0 Å². The van der Waals surface area contributed by atoms with Crippen molar-refractivity contribution in [1.29, 1.82) is 0 Å². The zero-order chi connectivity index (χ0) is 26.4. The lowest BCUT2D eigenvalue weighted by molar-refractivity contribution is 0.176. The quantitative estimate of drug-likeness (QED) is 0.403. The van der Waals surface area contributed by atoms with Crippen LogP contribution in [0.2, 0.25) is 5.02 Å². The van der Waals surface area contributed by atoms with E-state index in [1.165, 1.54) is 17.8 Å². The number of nitrogen functional groups attached to an aromatic ring is 1. The Balaban J connectivity index is 1.30. The fourth-order valence-electron chi connectivity index (χ4n) is 5.10. The summed E-state index contributed by atoms with van der Waals surface area (Å²) >= 11 is 6.41. The number of nitrogens with one attached hydrogen (secondary N) is 1. The van der Waals surface area contributed by atoms with E-state index in [4.69, 9.17) is 17.3 Å². The van der Waals surface area contributed by atoms with Gasteiger partial charge in [0, 0.05) is 41.0 Å². The first-order valence-corrected chi connectivity index (χ1v) is 14.5. The second-order valence-corrected chi connectivity index (χ2v) is 14.1. The van der Waals surface area contributed by atoms with Crippen molar-refractivity contribution < 1.29 is 8.94 Å². The molecule has 0 radical (unpaired) electrons. The number of benzene rings is 1. The van der Waals surface area contributed by atoms with Gasteiger partial charge >= 0.3 is 0 Å². The number of piperidine rings is 1. The summed E-state index contributed by atoms with van der Waals surface area (Å²) in [6.07, 6.45) is 7.64. The Morgan fingerprint density at radius 1 is 1.19 bits per heavy atom. The number of nitrogens with two attached hydrogens (primary N) is 1. The van der Waals surface area contributed by atoms with Crippen molar-refractivity contribution in [3.05, 3.63) is 64.8 Å². The second kappa shape index (κ2) is 10.2. The normalized spacial score (nSPS) is 19.7. The Bertz CT molecular complexity index is 1280. The predicted octanol–water partition coefficient (Wildman–Crippen LogP) is 5.33. The van der Waals surface area contributed by atoms with Crippen molar-refractivity contribution in [2.24, 2.45) is 5.41 Å². The molecule has 2 aliphatic rings. The van der Waals surface area contributed by atoms with Crippen LogP contribution in [0.15, 0.2) is 52.8 Å². The molecule has 5 rings (SSSR count). The van der Waals surface area contributed by atoms with Crippen molar-refractivity contribution in [2.75, 3.05) is 23.7 Å². The van der Waals surface area contributed by atoms with Gasteiger partial charge in [0.1, 0.15) is 27.2 Å². The molecule has 1 aliphatic heterocycles. The van der Waals surface area contributed by atoms with Crippen LogP contribution in [-0.2, 0) is 17.8 Å². The summed E-state index contributed by atoms with van der Waals surface area (Å²) in [5.74, 6) is 0.867. The largest absolute Gasteiger partial charge is 0.598 e. The van der Waals surface area contributed by atoms with Crippen molar-refractivity contribution in [3.8, 4) is 0 Å². The number of halogens is 2. The van der Waals surface area contributed by atoms with Gasteiger partial charge in [-0.25, -0.2) is 19.3 Å². The van der Waals surface area contributed by atoms with E-state index in [1.807, 2.05) is 26.8 Å². The first-order chi connectivity index (χ1) is 17.6. The van der Waals surface area contributed by atoms with Crippen LogP contribution in [-0.4, -0.2) is 37.3 Å². The Kier molecular flexibility index (Phi) is 7.32. The van der Waals surface area contributed by atoms with Gasteiger partial charge in [-0.05, 0) is 69.4 Å². The number of hydrogen-bond acceptors (Lipinski definition) is 8. The maximum absolute atomic E-state index is 14.1. The lowest BCUT2D eigenvalue weighted by Gasteiger charge is -2.44. The highest BCUT2D eigenvalue weighted by Gasteiger charge is 2.50. The van der Waals surface area contributed by atoms with Gasteiger partial charge in [0.05, 0.1) is 23.5 Å². The van der Waals surface area contributed by atoms with Gasteiger partial charge in [-0.15, -0.1) is 4.72 Å². The summed E-state index contributed by atoms with van der Waals surface area (Å²) in [6.45, 7) is 7.45. The number of nitrogens with zero attached hydrogens (tertiary/aromatic N) is 4. The average Bonchev–Trinajstić information content (AvgIpc) is 3.14. The molecule has 0 amide bonds. The third kappa shape index (κ3) is 5.40. The predicted molar refractivity (Wildman–Crippen MR) is 148 cm³/mol. The minimum atomic E-state index is -1.24. The summed E-state index contributed by atoms with van der Waals surface area (Å²) in [7, 11) is 0.